The van der Waals surface area contributed by atoms with Gasteiger partial charge in [-0.2, -0.15) is 5.10 Å². The molecule has 1 heterocycles. The maximum atomic E-state index is 5.61. The van der Waals surface area contributed by atoms with Crippen molar-refractivity contribution in [1.29, 1.82) is 0 Å². The summed E-state index contributed by atoms with van der Waals surface area (Å²) < 4.78 is 1.69. The summed E-state index contributed by atoms with van der Waals surface area (Å²) in [5, 5.41) is 4.00. The lowest BCUT2D eigenvalue weighted by molar-refractivity contribution is 0.772. The van der Waals surface area contributed by atoms with Gasteiger partial charge in [0.15, 0.2) is 5.82 Å². The van der Waals surface area contributed by atoms with E-state index in [0.29, 0.717) is 11.7 Å². The first-order chi connectivity index (χ1) is 5.74. The molecule has 66 valence electrons. The van der Waals surface area contributed by atoms with Crippen LogP contribution >= 0.6 is 11.6 Å². The Kier molecular flexibility index (Phi) is 3.17. The zero-order valence-corrected chi connectivity index (χ0v) is 7.75. The van der Waals surface area contributed by atoms with Gasteiger partial charge in [-0.25, -0.2) is 0 Å². The second-order valence-electron chi connectivity index (χ2n) is 2.52. The third-order valence-electron chi connectivity index (χ3n) is 1.46. The van der Waals surface area contributed by atoms with Gasteiger partial charge in [0.1, 0.15) is 0 Å². The fourth-order valence-electron chi connectivity index (χ4n) is 0.926. The molecule has 3 nitrogen and oxygen atoms in total. The van der Waals surface area contributed by atoms with Crippen LogP contribution in [0.25, 0.3) is 6.08 Å². The summed E-state index contributed by atoms with van der Waals surface area (Å²) in [5.74, 6) is 1.19. The number of rotatable bonds is 3. The lowest BCUT2D eigenvalue weighted by atomic mass is 10.3. The molecular formula is C8H12ClN3. The molecule has 12 heavy (non-hydrogen) atoms. The molecule has 0 aromatic carbocycles. The van der Waals surface area contributed by atoms with Crippen LogP contribution in [-0.4, -0.2) is 15.7 Å². The molecule has 0 unspecified atom stereocenters. The predicted molar refractivity (Wildman–Crippen MR) is 52.0 cm³/mol. The zero-order chi connectivity index (χ0) is 8.97. The van der Waals surface area contributed by atoms with E-state index in [0.717, 1.165) is 12.0 Å². The van der Waals surface area contributed by atoms with E-state index < -0.39 is 0 Å². The summed E-state index contributed by atoms with van der Waals surface area (Å²) >= 11 is 5.51. The third-order valence-corrected chi connectivity index (χ3v) is 1.68. The van der Waals surface area contributed by atoms with Crippen LogP contribution in [0, 0.1) is 0 Å². The van der Waals surface area contributed by atoms with E-state index in [2.05, 4.69) is 5.10 Å². The van der Waals surface area contributed by atoms with Gasteiger partial charge >= 0.3 is 0 Å². The molecule has 1 rings (SSSR count). The molecule has 0 aliphatic rings. The number of halogens is 1. The molecule has 1 aromatic heterocycles. The summed E-state index contributed by atoms with van der Waals surface area (Å²) in [6.45, 7) is 0. The van der Waals surface area contributed by atoms with E-state index >= 15 is 0 Å². The number of nitrogens with two attached hydrogens (primary N) is 1. The van der Waals surface area contributed by atoms with Crippen LogP contribution in [0.1, 0.15) is 12.0 Å². The van der Waals surface area contributed by atoms with Crippen molar-refractivity contribution in [3.63, 3.8) is 0 Å². The molecule has 0 radical (unpaired) electrons. The van der Waals surface area contributed by atoms with Gasteiger partial charge in [0.05, 0.1) is 0 Å². The normalized spacial score (nSPS) is 11.2. The maximum absolute atomic E-state index is 5.61. The van der Waals surface area contributed by atoms with Crippen molar-refractivity contribution in [1.82, 2.24) is 9.78 Å². The largest absolute Gasteiger partial charge is 0.382 e. The number of aryl methyl sites for hydroxylation is 1. The molecule has 1 aromatic rings. The molecule has 0 bridgehead atoms. The fraction of sp³-hybridized carbons (Fsp3) is 0.375. The van der Waals surface area contributed by atoms with Gasteiger partial charge in [-0.3, -0.25) is 4.68 Å². The zero-order valence-electron chi connectivity index (χ0n) is 7.00. The van der Waals surface area contributed by atoms with Gasteiger partial charge in [-0.15, -0.1) is 11.6 Å². The van der Waals surface area contributed by atoms with Crippen LogP contribution in [0.4, 0.5) is 5.82 Å². The van der Waals surface area contributed by atoms with Crippen molar-refractivity contribution in [3.8, 4) is 0 Å². The van der Waals surface area contributed by atoms with Gasteiger partial charge in [0.25, 0.3) is 0 Å². The number of nitrogens with zero attached hydrogens (tertiary/aromatic N) is 2. The smallest absolute Gasteiger partial charge is 0.152 e. The van der Waals surface area contributed by atoms with Gasteiger partial charge in [-0.05, 0) is 6.42 Å². The van der Waals surface area contributed by atoms with Crippen molar-refractivity contribution < 1.29 is 0 Å². The Morgan fingerprint density at radius 1 is 1.75 bits per heavy atom. The Hall–Kier alpha value is -0.960. The minimum absolute atomic E-state index is 0.559. The van der Waals surface area contributed by atoms with Gasteiger partial charge < -0.3 is 5.73 Å². The summed E-state index contributed by atoms with van der Waals surface area (Å²) in [4.78, 5) is 0. The number of aromatic nitrogens is 2. The summed E-state index contributed by atoms with van der Waals surface area (Å²) in [5.41, 5.74) is 6.55. The van der Waals surface area contributed by atoms with E-state index in [9.17, 15) is 0 Å². The molecule has 0 atom stereocenters. The summed E-state index contributed by atoms with van der Waals surface area (Å²) in [6, 6.07) is 0. The Balaban J connectivity index is 2.68. The first-order valence-corrected chi connectivity index (χ1v) is 4.29. The van der Waals surface area contributed by atoms with Crippen LogP contribution in [0.2, 0.25) is 0 Å². The molecular weight excluding hydrogens is 174 g/mol. The molecule has 2 N–H and O–H groups in total. The van der Waals surface area contributed by atoms with Gasteiger partial charge in [-0.1, -0.05) is 12.2 Å². The fourth-order valence-corrected chi connectivity index (χ4v) is 1.05. The molecule has 0 spiro atoms. The van der Waals surface area contributed by atoms with E-state index in [1.54, 1.807) is 4.68 Å². The molecule has 0 fully saturated rings. The van der Waals surface area contributed by atoms with Crippen LogP contribution in [0.15, 0.2) is 12.3 Å². The number of hydrogen-bond donors (Lipinski definition) is 1. The molecule has 0 saturated heterocycles. The van der Waals surface area contributed by atoms with Crippen LogP contribution in [0.3, 0.4) is 0 Å². The second kappa shape index (κ2) is 4.16. The molecule has 0 saturated carbocycles. The van der Waals surface area contributed by atoms with Gasteiger partial charge in [0, 0.05) is 24.7 Å². The molecule has 0 amide bonds. The van der Waals surface area contributed by atoms with Crippen molar-refractivity contribution in [2.45, 2.75) is 6.42 Å². The summed E-state index contributed by atoms with van der Waals surface area (Å²) in [6.07, 6.45) is 6.65. The monoisotopic (exact) mass is 185 g/mol. The van der Waals surface area contributed by atoms with Crippen molar-refractivity contribution in [2.24, 2.45) is 7.05 Å². The van der Waals surface area contributed by atoms with E-state index in [-0.39, 0.29) is 0 Å². The quantitative estimate of drug-likeness (QED) is 0.728. The Labute approximate surface area is 76.8 Å². The predicted octanol–water partition coefficient (Wildman–Crippen LogP) is 1.64. The molecule has 0 aliphatic heterocycles. The Bertz CT molecular complexity index is 278. The number of nitrogen functional groups attached to an aromatic ring is 1. The minimum atomic E-state index is 0.559. The highest BCUT2D eigenvalue weighted by Crippen LogP contribution is 2.10. The van der Waals surface area contributed by atoms with Gasteiger partial charge in [0.2, 0.25) is 0 Å². The SMILES string of the molecule is Cn1cc(C=CCCCl)c(N)n1. The van der Waals surface area contributed by atoms with Crippen LogP contribution < -0.4 is 5.73 Å². The number of anilines is 1. The van der Waals surface area contributed by atoms with Crippen molar-refractivity contribution in [2.75, 3.05) is 11.6 Å². The average molecular weight is 186 g/mol. The minimum Gasteiger partial charge on any atom is -0.382 e. The van der Waals surface area contributed by atoms with Crippen LogP contribution in [-0.2, 0) is 7.05 Å². The van der Waals surface area contributed by atoms with E-state index in [4.69, 9.17) is 17.3 Å². The number of hydrogen-bond acceptors (Lipinski definition) is 2. The highest BCUT2D eigenvalue weighted by Gasteiger charge is 1.97. The lowest BCUT2D eigenvalue weighted by Crippen LogP contribution is -1.90. The first-order valence-electron chi connectivity index (χ1n) is 3.75. The Morgan fingerprint density at radius 2 is 2.50 bits per heavy atom. The van der Waals surface area contributed by atoms with Crippen molar-refractivity contribution in [3.05, 3.63) is 17.8 Å². The third kappa shape index (κ3) is 2.27. The maximum Gasteiger partial charge on any atom is 0.152 e. The topological polar surface area (TPSA) is 43.8 Å². The number of allylic oxidation sites excluding steroid dienone is 1. The van der Waals surface area contributed by atoms with Crippen molar-refractivity contribution >= 4 is 23.5 Å². The molecule has 0 aliphatic carbocycles. The summed E-state index contributed by atoms with van der Waals surface area (Å²) in [7, 11) is 1.84. The average Bonchev–Trinajstić information content (AvgIpc) is 2.31. The molecule has 4 heteroatoms. The number of alkyl halides is 1. The highest BCUT2D eigenvalue weighted by molar-refractivity contribution is 6.17. The highest BCUT2D eigenvalue weighted by atomic mass is 35.5. The standard InChI is InChI=1S/C8H12ClN3/c1-12-6-7(8(10)11-12)4-2-3-5-9/h2,4,6H,3,5H2,1H3,(H2,10,11). The second-order valence-corrected chi connectivity index (χ2v) is 2.90. The first kappa shape index (κ1) is 9.13. The van der Waals surface area contributed by atoms with Crippen LogP contribution in [0.5, 0.6) is 0 Å². The lowest BCUT2D eigenvalue weighted by Gasteiger charge is -1.86. The van der Waals surface area contributed by atoms with E-state index in [1.165, 1.54) is 0 Å². The Morgan fingerprint density at radius 3 is 3.00 bits per heavy atom. The van der Waals surface area contributed by atoms with E-state index in [1.807, 2.05) is 25.4 Å².